The SMILES string of the molecule is CCC[C@H](OC1CC(c2ccccc2)=NO1)c1ccccc1. The van der Waals surface area contributed by atoms with Gasteiger partial charge in [-0.2, -0.15) is 0 Å². The average molecular weight is 295 g/mol. The Morgan fingerprint density at radius 3 is 2.45 bits per heavy atom. The molecule has 2 atom stereocenters. The largest absolute Gasteiger partial charge is 0.363 e. The van der Waals surface area contributed by atoms with Crippen molar-refractivity contribution in [2.75, 3.05) is 0 Å². The van der Waals surface area contributed by atoms with E-state index < -0.39 is 0 Å². The van der Waals surface area contributed by atoms with Crippen LogP contribution in [0.25, 0.3) is 0 Å². The van der Waals surface area contributed by atoms with Gasteiger partial charge in [0.15, 0.2) is 0 Å². The highest BCUT2D eigenvalue weighted by Gasteiger charge is 2.26. The molecular formula is C19H21NO2. The van der Waals surface area contributed by atoms with Crippen molar-refractivity contribution < 1.29 is 9.57 Å². The van der Waals surface area contributed by atoms with Gasteiger partial charge in [-0.15, -0.1) is 0 Å². The first kappa shape index (κ1) is 14.8. The van der Waals surface area contributed by atoms with Gasteiger partial charge in [0.25, 0.3) is 0 Å². The zero-order valence-corrected chi connectivity index (χ0v) is 12.8. The maximum atomic E-state index is 6.15. The Morgan fingerprint density at radius 1 is 1.09 bits per heavy atom. The van der Waals surface area contributed by atoms with E-state index in [4.69, 9.17) is 9.57 Å². The third-order valence-corrected chi connectivity index (χ3v) is 3.79. The molecule has 114 valence electrons. The molecule has 0 N–H and O–H groups in total. The van der Waals surface area contributed by atoms with Crippen LogP contribution in [0.3, 0.4) is 0 Å². The zero-order valence-electron chi connectivity index (χ0n) is 12.8. The molecule has 0 fully saturated rings. The van der Waals surface area contributed by atoms with Gasteiger partial charge in [0.05, 0.1) is 18.2 Å². The van der Waals surface area contributed by atoms with Crippen LogP contribution in [0, 0.1) is 0 Å². The third kappa shape index (κ3) is 3.55. The molecule has 0 spiro atoms. The van der Waals surface area contributed by atoms with Crippen molar-refractivity contribution >= 4 is 5.71 Å². The molecule has 1 aliphatic rings. The Hall–Kier alpha value is -2.13. The summed E-state index contributed by atoms with van der Waals surface area (Å²) in [5.41, 5.74) is 3.25. The number of nitrogens with zero attached hydrogens (tertiary/aromatic N) is 1. The van der Waals surface area contributed by atoms with Crippen molar-refractivity contribution in [2.24, 2.45) is 5.16 Å². The second-order valence-electron chi connectivity index (χ2n) is 5.47. The lowest BCUT2D eigenvalue weighted by atomic mass is 10.0. The summed E-state index contributed by atoms with van der Waals surface area (Å²) < 4.78 is 6.15. The molecule has 3 nitrogen and oxygen atoms in total. The number of hydrogen-bond donors (Lipinski definition) is 0. The molecule has 1 unspecified atom stereocenters. The summed E-state index contributed by atoms with van der Waals surface area (Å²) in [5, 5.41) is 4.19. The fourth-order valence-corrected chi connectivity index (χ4v) is 2.66. The van der Waals surface area contributed by atoms with Crippen molar-refractivity contribution in [1.29, 1.82) is 0 Å². The van der Waals surface area contributed by atoms with Crippen LogP contribution in [0.2, 0.25) is 0 Å². The smallest absolute Gasteiger partial charge is 0.233 e. The minimum absolute atomic E-state index is 0.0570. The molecular weight excluding hydrogens is 274 g/mol. The van der Waals surface area contributed by atoms with E-state index in [0.29, 0.717) is 6.42 Å². The predicted octanol–water partition coefficient (Wildman–Crippen LogP) is 4.70. The van der Waals surface area contributed by atoms with Crippen molar-refractivity contribution in [1.82, 2.24) is 0 Å². The standard InChI is InChI=1S/C19H21NO2/c1-2-9-18(16-12-7-4-8-13-16)21-19-14-17(20-22-19)15-10-5-3-6-11-15/h3-8,10-13,18-19H,2,9,14H2,1H3/t18-,19?/m0/s1. The molecule has 22 heavy (non-hydrogen) atoms. The molecule has 3 heteroatoms. The molecule has 2 aromatic carbocycles. The Labute approximate surface area is 131 Å². The quantitative estimate of drug-likeness (QED) is 0.773. The van der Waals surface area contributed by atoms with E-state index in [1.165, 1.54) is 5.56 Å². The number of benzene rings is 2. The minimum atomic E-state index is -0.299. The molecule has 0 bridgehead atoms. The molecule has 0 amide bonds. The van der Waals surface area contributed by atoms with Crippen LogP contribution < -0.4 is 0 Å². The van der Waals surface area contributed by atoms with Crippen molar-refractivity contribution in [3.8, 4) is 0 Å². The number of ether oxygens (including phenoxy) is 1. The van der Waals surface area contributed by atoms with E-state index in [9.17, 15) is 0 Å². The minimum Gasteiger partial charge on any atom is -0.363 e. The van der Waals surface area contributed by atoms with E-state index >= 15 is 0 Å². The highest BCUT2D eigenvalue weighted by Crippen LogP contribution is 2.28. The maximum Gasteiger partial charge on any atom is 0.233 e. The summed E-state index contributed by atoms with van der Waals surface area (Å²) in [6.07, 6.45) is 2.49. The first-order valence-electron chi connectivity index (χ1n) is 7.85. The Kier molecular flexibility index (Phi) is 4.86. The second-order valence-corrected chi connectivity index (χ2v) is 5.47. The summed E-state index contributed by atoms with van der Waals surface area (Å²) in [7, 11) is 0. The molecule has 1 aliphatic heterocycles. The molecule has 0 radical (unpaired) electrons. The summed E-state index contributed by atoms with van der Waals surface area (Å²) in [4.78, 5) is 5.48. The van der Waals surface area contributed by atoms with Crippen LogP contribution in [0.1, 0.15) is 43.4 Å². The third-order valence-electron chi connectivity index (χ3n) is 3.79. The van der Waals surface area contributed by atoms with E-state index in [0.717, 1.165) is 24.1 Å². The van der Waals surface area contributed by atoms with Crippen LogP contribution in [0.4, 0.5) is 0 Å². The Balaban J connectivity index is 1.64. The highest BCUT2D eigenvalue weighted by atomic mass is 16.8. The molecule has 0 aliphatic carbocycles. The first-order chi connectivity index (χ1) is 10.9. The van der Waals surface area contributed by atoms with Gasteiger partial charge < -0.3 is 9.57 Å². The van der Waals surface area contributed by atoms with Gasteiger partial charge in [-0.05, 0) is 17.5 Å². The molecule has 2 aromatic rings. The monoisotopic (exact) mass is 295 g/mol. The number of hydrogen-bond acceptors (Lipinski definition) is 3. The summed E-state index contributed by atoms with van der Waals surface area (Å²) >= 11 is 0. The molecule has 0 saturated heterocycles. The lowest BCUT2D eigenvalue weighted by molar-refractivity contribution is -0.159. The van der Waals surface area contributed by atoms with Gasteiger partial charge in [-0.3, -0.25) is 0 Å². The van der Waals surface area contributed by atoms with Gasteiger partial charge in [-0.1, -0.05) is 79.2 Å². The topological polar surface area (TPSA) is 30.8 Å². The van der Waals surface area contributed by atoms with E-state index in [1.807, 2.05) is 48.5 Å². The van der Waals surface area contributed by atoms with Gasteiger partial charge in [0, 0.05) is 0 Å². The van der Waals surface area contributed by atoms with Crippen molar-refractivity contribution in [3.05, 3.63) is 71.8 Å². The molecule has 0 aromatic heterocycles. The lowest BCUT2D eigenvalue weighted by Crippen LogP contribution is -2.17. The first-order valence-corrected chi connectivity index (χ1v) is 7.85. The van der Waals surface area contributed by atoms with E-state index in [1.54, 1.807) is 0 Å². The van der Waals surface area contributed by atoms with E-state index in [-0.39, 0.29) is 12.4 Å². The lowest BCUT2D eigenvalue weighted by Gasteiger charge is -2.20. The second kappa shape index (κ2) is 7.23. The summed E-state index contributed by atoms with van der Waals surface area (Å²) in [6.45, 7) is 2.17. The maximum absolute atomic E-state index is 6.15. The van der Waals surface area contributed by atoms with Crippen LogP contribution in [0.5, 0.6) is 0 Å². The van der Waals surface area contributed by atoms with Crippen LogP contribution >= 0.6 is 0 Å². The van der Waals surface area contributed by atoms with Crippen LogP contribution in [0.15, 0.2) is 65.8 Å². The van der Waals surface area contributed by atoms with Crippen molar-refractivity contribution in [2.45, 2.75) is 38.6 Å². The van der Waals surface area contributed by atoms with Gasteiger partial charge >= 0.3 is 0 Å². The molecule has 1 heterocycles. The average Bonchev–Trinajstić information content (AvgIpc) is 3.05. The Bertz CT molecular complexity index is 610. The van der Waals surface area contributed by atoms with E-state index in [2.05, 4.69) is 24.2 Å². The van der Waals surface area contributed by atoms with Gasteiger partial charge in [0.1, 0.15) is 0 Å². The number of rotatable bonds is 6. The summed E-state index contributed by atoms with van der Waals surface area (Å²) in [5.74, 6) is 0. The number of oxime groups is 1. The van der Waals surface area contributed by atoms with Crippen LogP contribution in [-0.2, 0) is 9.57 Å². The van der Waals surface area contributed by atoms with Gasteiger partial charge in [0.2, 0.25) is 6.29 Å². The zero-order chi connectivity index (χ0) is 15.2. The normalized spacial score (nSPS) is 18.6. The molecule has 0 saturated carbocycles. The van der Waals surface area contributed by atoms with Gasteiger partial charge in [-0.25, -0.2) is 0 Å². The predicted molar refractivity (Wildman–Crippen MR) is 87.6 cm³/mol. The Morgan fingerprint density at radius 2 is 1.77 bits per heavy atom. The fourth-order valence-electron chi connectivity index (χ4n) is 2.66. The van der Waals surface area contributed by atoms with Crippen molar-refractivity contribution in [3.63, 3.8) is 0 Å². The van der Waals surface area contributed by atoms with Crippen LogP contribution in [-0.4, -0.2) is 12.0 Å². The fraction of sp³-hybridized carbons (Fsp3) is 0.316. The summed E-state index contributed by atoms with van der Waals surface area (Å²) in [6, 6.07) is 20.4. The highest BCUT2D eigenvalue weighted by molar-refractivity contribution is 6.01. The molecule has 3 rings (SSSR count).